The second kappa shape index (κ2) is 14.1. The van der Waals surface area contributed by atoms with Gasteiger partial charge in [0, 0.05) is 43.2 Å². The molecule has 10 heteroatoms. The summed E-state index contributed by atoms with van der Waals surface area (Å²) in [6.45, 7) is 10.4. The first-order valence-corrected chi connectivity index (χ1v) is 12.8. The van der Waals surface area contributed by atoms with Gasteiger partial charge in [-0.3, -0.25) is 9.78 Å². The Kier molecular flexibility index (Phi) is 10.6. The summed E-state index contributed by atoms with van der Waals surface area (Å²) in [4.78, 5) is 37.1. The Hall–Kier alpha value is -4.02. The van der Waals surface area contributed by atoms with E-state index in [4.69, 9.17) is 14.8 Å². The van der Waals surface area contributed by atoms with Gasteiger partial charge in [-0.1, -0.05) is 13.0 Å². The van der Waals surface area contributed by atoms with Crippen molar-refractivity contribution in [2.45, 2.75) is 40.8 Å². The van der Waals surface area contributed by atoms with Crippen LogP contribution in [0.3, 0.4) is 0 Å². The molecular weight excluding hydrogens is 484 g/mol. The summed E-state index contributed by atoms with van der Waals surface area (Å²) in [5.74, 6) is 0.595. The molecule has 202 valence electrons. The summed E-state index contributed by atoms with van der Waals surface area (Å²) in [6, 6.07) is 13.4. The van der Waals surface area contributed by atoms with Crippen molar-refractivity contribution >= 4 is 17.1 Å². The van der Waals surface area contributed by atoms with E-state index in [9.17, 15) is 9.59 Å². The van der Waals surface area contributed by atoms with Gasteiger partial charge in [-0.25, -0.2) is 9.78 Å². The van der Waals surface area contributed by atoms with Gasteiger partial charge in [-0.2, -0.15) is 0 Å². The lowest BCUT2D eigenvalue weighted by Gasteiger charge is -2.13. The number of aryl methyl sites for hydroxylation is 1. The summed E-state index contributed by atoms with van der Waals surface area (Å²) in [5.41, 5.74) is 5.70. The SMILES string of the molecule is CCNCCn1c(C)cc(-c2cc(-c3ccccn3)c3nc(CNC(=O)OCC)[nH]c3c2)cc1=O.CCO. The number of carbonyl (C=O) groups is 1. The number of amides is 1. The van der Waals surface area contributed by atoms with Crippen LogP contribution in [0.4, 0.5) is 4.79 Å². The molecule has 38 heavy (non-hydrogen) atoms. The van der Waals surface area contributed by atoms with Crippen LogP contribution in [0, 0.1) is 6.92 Å². The number of alkyl carbamates (subject to hydrolysis) is 1. The first-order valence-electron chi connectivity index (χ1n) is 12.8. The highest BCUT2D eigenvalue weighted by Crippen LogP contribution is 2.32. The number of aromatic nitrogens is 4. The number of pyridine rings is 2. The third-order valence-corrected chi connectivity index (χ3v) is 5.68. The molecule has 3 aromatic heterocycles. The number of likely N-dealkylation sites (N-methyl/N-ethyl adjacent to an activating group) is 1. The molecule has 4 aromatic rings. The van der Waals surface area contributed by atoms with E-state index in [2.05, 4.69) is 20.6 Å². The molecule has 1 aromatic carbocycles. The van der Waals surface area contributed by atoms with E-state index in [1.807, 2.05) is 50.2 Å². The normalized spacial score (nSPS) is 10.7. The molecule has 0 saturated carbocycles. The van der Waals surface area contributed by atoms with Crippen molar-refractivity contribution in [3.8, 4) is 22.4 Å². The van der Waals surface area contributed by atoms with E-state index in [0.717, 1.165) is 52.2 Å². The molecule has 0 aliphatic heterocycles. The minimum absolute atomic E-state index is 0.0404. The number of aliphatic hydroxyl groups is 1. The maximum Gasteiger partial charge on any atom is 0.407 e. The van der Waals surface area contributed by atoms with Crippen molar-refractivity contribution in [1.29, 1.82) is 0 Å². The molecular formula is C28H36N6O4. The summed E-state index contributed by atoms with van der Waals surface area (Å²) in [7, 11) is 0. The molecule has 0 aliphatic rings. The summed E-state index contributed by atoms with van der Waals surface area (Å²) < 4.78 is 6.71. The van der Waals surface area contributed by atoms with Crippen molar-refractivity contribution in [1.82, 2.24) is 30.2 Å². The third kappa shape index (κ3) is 7.27. The van der Waals surface area contributed by atoms with Crippen molar-refractivity contribution in [3.05, 3.63) is 70.5 Å². The fraction of sp³-hybridized carbons (Fsp3) is 0.357. The topological polar surface area (TPSA) is 134 Å². The maximum absolute atomic E-state index is 12.9. The van der Waals surface area contributed by atoms with Crippen LogP contribution in [0.1, 0.15) is 32.3 Å². The summed E-state index contributed by atoms with van der Waals surface area (Å²) >= 11 is 0. The van der Waals surface area contributed by atoms with Crippen molar-refractivity contribution < 1.29 is 14.6 Å². The lowest BCUT2D eigenvalue weighted by molar-refractivity contribution is 0.151. The second-order valence-corrected chi connectivity index (χ2v) is 8.44. The average molecular weight is 521 g/mol. The van der Waals surface area contributed by atoms with Crippen molar-refractivity contribution in [3.63, 3.8) is 0 Å². The lowest BCUT2D eigenvalue weighted by Crippen LogP contribution is -2.28. The molecule has 10 nitrogen and oxygen atoms in total. The van der Waals surface area contributed by atoms with E-state index >= 15 is 0 Å². The van der Waals surface area contributed by atoms with Gasteiger partial charge in [-0.15, -0.1) is 0 Å². The number of hydrogen-bond acceptors (Lipinski definition) is 7. The number of aromatic amines is 1. The van der Waals surface area contributed by atoms with Gasteiger partial charge in [0.2, 0.25) is 0 Å². The highest BCUT2D eigenvalue weighted by Gasteiger charge is 2.15. The number of fused-ring (bicyclic) bond motifs is 1. The van der Waals surface area contributed by atoms with Gasteiger partial charge >= 0.3 is 6.09 Å². The Balaban J connectivity index is 0.00000127. The Morgan fingerprint density at radius 1 is 1.13 bits per heavy atom. The van der Waals surface area contributed by atoms with E-state index in [1.165, 1.54) is 0 Å². The number of ether oxygens (including phenoxy) is 1. The van der Waals surface area contributed by atoms with Gasteiger partial charge in [0.25, 0.3) is 5.56 Å². The minimum Gasteiger partial charge on any atom is -0.450 e. The Morgan fingerprint density at radius 2 is 1.89 bits per heavy atom. The van der Waals surface area contributed by atoms with Gasteiger partial charge in [0.05, 0.1) is 29.9 Å². The molecule has 0 spiro atoms. The lowest BCUT2D eigenvalue weighted by atomic mass is 10.00. The largest absolute Gasteiger partial charge is 0.450 e. The van der Waals surface area contributed by atoms with Crippen LogP contribution in [0.15, 0.2) is 53.5 Å². The summed E-state index contributed by atoms with van der Waals surface area (Å²) in [6.07, 6.45) is 1.24. The molecule has 4 N–H and O–H groups in total. The first kappa shape index (κ1) is 28.5. The predicted octanol–water partition coefficient (Wildman–Crippen LogP) is 3.62. The van der Waals surface area contributed by atoms with Crippen LogP contribution in [-0.4, -0.2) is 57.0 Å². The number of benzene rings is 1. The molecule has 0 saturated heterocycles. The van der Waals surface area contributed by atoms with Gasteiger partial charge in [-0.05, 0) is 68.8 Å². The monoisotopic (exact) mass is 520 g/mol. The molecule has 3 heterocycles. The first-order chi connectivity index (χ1) is 18.4. The Morgan fingerprint density at radius 3 is 2.55 bits per heavy atom. The number of nitrogens with one attached hydrogen (secondary N) is 3. The quantitative estimate of drug-likeness (QED) is 0.248. The molecule has 1 amide bonds. The fourth-order valence-corrected chi connectivity index (χ4v) is 4.02. The summed E-state index contributed by atoms with van der Waals surface area (Å²) in [5, 5.41) is 13.5. The van der Waals surface area contributed by atoms with E-state index in [-0.39, 0.29) is 18.7 Å². The molecule has 0 atom stereocenters. The Bertz CT molecular complexity index is 1400. The molecule has 0 aliphatic carbocycles. The molecule has 0 radical (unpaired) electrons. The zero-order valence-corrected chi connectivity index (χ0v) is 22.4. The van der Waals surface area contributed by atoms with E-state index in [1.54, 1.807) is 30.7 Å². The van der Waals surface area contributed by atoms with Crippen LogP contribution in [0.5, 0.6) is 0 Å². The zero-order chi connectivity index (χ0) is 27.5. The van der Waals surface area contributed by atoms with Crippen LogP contribution < -0.4 is 16.2 Å². The molecule has 0 unspecified atom stereocenters. The molecule has 4 rings (SSSR count). The van der Waals surface area contributed by atoms with Gasteiger partial charge in [0.1, 0.15) is 5.82 Å². The predicted molar refractivity (Wildman–Crippen MR) is 149 cm³/mol. The number of aliphatic hydroxyl groups excluding tert-OH is 1. The highest BCUT2D eigenvalue weighted by atomic mass is 16.5. The second-order valence-electron chi connectivity index (χ2n) is 8.44. The minimum atomic E-state index is -0.497. The standard InChI is InChI=1S/C26H30N6O3.C2H6O/c1-4-27-10-11-32-17(3)12-18(15-24(32)33)19-13-20(21-8-6-7-9-28-21)25-22(14-19)30-23(31-25)16-29-26(34)35-5-2;1-2-3/h6-9,12-15,27H,4-5,10-11,16H2,1-3H3,(H,29,34)(H,30,31);3H,2H2,1H3. The molecule has 0 fully saturated rings. The number of rotatable bonds is 9. The van der Waals surface area contributed by atoms with E-state index in [0.29, 0.717) is 19.0 Å². The average Bonchev–Trinajstić information content (AvgIpc) is 3.33. The zero-order valence-electron chi connectivity index (χ0n) is 22.4. The van der Waals surface area contributed by atoms with Gasteiger partial charge < -0.3 is 30.0 Å². The Labute approximate surface area is 222 Å². The molecule has 0 bridgehead atoms. The van der Waals surface area contributed by atoms with E-state index < -0.39 is 6.09 Å². The number of imidazole rings is 1. The fourth-order valence-electron chi connectivity index (χ4n) is 4.02. The van der Waals surface area contributed by atoms with Crippen LogP contribution in [0.25, 0.3) is 33.4 Å². The van der Waals surface area contributed by atoms with Gasteiger partial charge in [0.15, 0.2) is 0 Å². The smallest absolute Gasteiger partial charge is 0.407 e. The highest BCUT2D eigenvalue weighted by molar-refractivity contribution is 5.95. The number of carbonyl (C=O) groups excluding carboxylic acids is 1. The number of H-pyrrole nitrogens is 1. The number of nitrogens with zero attached hydrogens (tertiary/aromatic N) is 3. The van der Waals surface area contributed by atoms with Crippen LogP contribution in [0.2, 0.25) is 0 Å². The maximum atomic E-state index is 12.9. The van der Waals surface area contributed by atoms with Crippen molar-refractivity contribution in [2.75, 3.05) is 26.3 Å². The van der Waals surface area contributed by atoms with Crippen LogP contribution in [-0.2, 0) is 17.8 Å². The third-order valence-electron chi connectivity index (χ3n) is 5.68. The van der Waals surface area contributed by atoms with Crippen LogP contribution >= 0.6 is 0 Å². The van der Waals surface area contributed by atoms with Crippen molar-refractivity contribution in [2.24, 2.45) is 0 Å². The number of hydrogen-bond donors (Lipinski definition) is 4.